The number of nitrogens with zero attached hydrogens (tertiary/aromatic N) is 1. The van der Waals surface area contributed by atoms with Crippen LogP contribution in [-0.4, -0.2) is 26.0 Å². The number of benzene rings is 2. The van der Waals surface area contributed by atoms with E-state index in [-0.39, 0.29) is 11.4 Å². The van der Waals surface area contributed by atoms with Gasteiger partial charge in [0, 0.05) is 5.56 Å². The van der Waals surface area contributed by atoms with Crippen LogP contribution in [0.3, 0.4) is 0 Å². The Bertz CT molecular complexity index is 812. The van der Waals surface area contributed by atoms with E-state index in [2.05, 4.69) is 4.74 Å². The lowest BCUT2D eigenvalue weighted by Gasteiger charge is -2.03. The summed E-state index contributed by atoms with van der Waals surface area (Å²) in [5, 5.41) is 9.26. The van der Waals surface area contributed by atoms with Gasteiger partial charge in [-0.15, -0.1) is 0 Å². The fourth-order valence-electron chi connectivity index (χ4n) is 2.05. The molecule has 5 nitrogen and oxygen atoms in total. The van der Waals surface area contributed by atoms with Gasteiger partial charge in [-0.05, 0) is 48.0 Å². The third kappa shape index (κ3) is 3.87. The van der Waals surface area contributed by atoms with Crippen LogP contribution in [0.25, 0.3) is 6.08 Å². The Balaban J connectivity index is 2.26. The predicted octanol–water partition coefficient (Wildman–Crippen LogP) is 3.27. The molecular formula is C19H15NO4. The predicted molar refractivity (Wildman–Crippen MR) is 88.7 cm³/mol. The molecule has 0 saturated carbocycles. The average molecular weight is 321 g/mol. The van der Waals surface area contributed by atoms with Crippen LogP contribution in [0.4, 0.5) is 0 Å². The zero-order valence-electron chi connectivity index (χ0n) is 13.3. The Kier molecular flexibility index (Phi) is 5.48. The van der Waals surface area contributed by atoms with Crippen LogP contribution < -0.4 is 4.74 Å². The number of allylic oxidation sites excluding steroid dienone is 1. The Morgan fingerprint density at radius 3 is 2.04 bits per heavy atom. The van der Waals surface area contributed by atoms with E-state index in [0.717, 1.165) is 0 Å². The first-order chi connectivity index (χ1) is 11.6. The minimum atomic E-state index is -0.444. The van der Waals surface area contributed by atoms with Crippen LogP contribution in [0.15, 0.2) is 54.1 Å². The fraction of sp³-hybridized carbons (Fsp3) is 0.105. The Hall–Kier alpha value is -3.39. The first-order valence-electron chi connectivity index (χ1n) is 7.08. The van der Waals surface area contributed by atoms with Crippen molar-refractivity contribution in [3.8, 4) is 11.8 Å². The minimum Gasteiger partial charge on any atom is -0.497 e. The van der Waals surface area contributed by atoms with Gasteiger partial charge >= 0.3 is 5.97 Å². The molecule has 0 amide bonds. The number of hydrogen-bond donors (Lipinski definition) is 0. The number of ether oxygens (including phenoxy) is 2. The number of rotatable bonds is 5. The molecule has 0 unspecified atom stereocenters. The van der Waals surface area contributed by atoms with Crippen molar-refractivity contribution >= 4 is 17.8 Å². The zero-order chi connectivity index (χ0) is 17.5. The smallest absolute Gasteiger partial charge is 0.337 e. The Labute approximate surface area is 139 Å². The van der Waals surface area contributed by atoms with E-state index in [1.54, 1.807) is 48.5 Å². The first-order valence-corrected chi connectivity index (χ1v) is 7.08. The molecule has 0 N–H and O–H groups in total. The summed E-state index contributed by atoms with van der Waals surface area (Å²) in [6.07, 6.45) is 1.48. The molecule has 0 saturated heterocycles. The van der Waals surface area contributed by atoms with Crippen LogP contribution >= 0.6 is 0 Å². The average Bonchev–Trinajstić information content (AvgIpc) is 2.65. The van der Waals surface area contributed by atoms with Gasteiger partial charge in [0.1, 0.15) is 17.4 Å². The number of nitriles is 1. The number of carbonyl (C=O) groups is 2. The molecule has 0 aliphatic carbocycles. The van der Waals surface area contributed by atoms with Crippen molar-refractivity contribution < 1.29 is 19.1 Å². The van der Waals surface area contributed by atoms with E-state index in [1.165, 1.54) is 20.3 Å². The second-order valence-corrected chi connectivity index (χ2v) is 4.84. The lowest BCUT2D eigenvalue weighted by molar-refractivity contribution is 0.0600. The lowest BCUT2D eigenvalue weighted by Crippen LogP contribution is -2.02. The van der Waals surface area contributed by atoms with Crippen molar-refractivity contribution in [2.24, 2.45) is 0 Å². The Morgan fingerprint density at radius 1 is 0.958 bits per heavy atom. The summed E-state index contributed by atoms with van der Waals surface area (Å²) >= 11 is 0. The quantitative estimate of drug-likeness (QED) is 0.365. The summed E-state index contributed by atoms with van der Waals surface area (Å²) in [7, 11) is 2.84. The van der Waals surface area contributed by atoms with Crippen LogP contribution in [0.1, 0.15) is 26.3 Å². The molecule has 0 aromatic heterocycles. The molecule has 5 heteroatoms. The summed E-state index contributed by atoms with van der Waals surface area (Å²) in [4.78, 5) is 23.8. The molecule has 24 heavy (non-hydrogen) atoms. The number of Topliss-reactive ketones (excluding diaryl/α,β-unsaturated/α-hetero) is 1. The van der Waals surface area contributed by atoms with Gasteiger partial charge < -0.3 is 9.47 Å². The maximum atomic E-state index is 12.4. The van der Waals surface area contributed by atoms with Crippen LogP contribution in [0.5, 0.6) is 5.75 Å². The van der Waals surface area contributed by atoms with Crippen molar-refractivity contribution in [1.82, 2.24) is 0 Å². The van der Waals surface area contributed by atoms with E-state index < -0.39 is 5.97 Å². The van der Waals surface area contributed by atoms with Crippen molar-refractivity contribution in [2.45, 2.75) is 0 Å². The van der Waals surface area contributed by atoms with Crippen LogP contribution in [0, 0.1) is 11.3 Å². The first kappa shape index (κ1) is 17.0. The summed E-state index contributed by atoms with van der Waals surface area (Å²) < 4.78 is 9.66. The molecule has 0 fully saturated rings. The van der Waals surface area contributed by atoms with Gasteiger partial charge in [0.05, 0.1) is 19.8 Å². The molecule has 2 aromatic rings. The number of esters is 1. The van der Waals surface area contributed by atoms with Gasteiger partial charge in [0.15, 0.2) is 0 Å². The van der Waals surface area contributed by atoms with Crippen molar-refractivity contribution in [3.63, 3.8) is 0 Å². The molecule has 0 spiro atoms. The van der Waals surface area contributed by atoms with E-state index in [1.807, 2.05) is 6.07 Å². The van der Waals surface area contributed by atoms with E-state index in [9.17, 15) is 14.9 Å². The third-order valence-electron chi connectivity index (χ3n) is 3.36. The second kappa shape index (κ2) is 7.75. The SMILES string of the molecule is COC(=O)c1ccc(C=C(C#N)C(=O)c2ccc(OC)cc2)cc1. The van der Waals surface area contributed by atoms with E-state index in [4.69, 9.17) is 4.74 Å². The molecule has 0 aliphatic heterocycles. The third-order valence-corrected chi connectivity index (χ3v) is 3.36. The number of hydrogen-bond acceptors (Lipinski definition) is 5. The van der Waals surface area contributed by atoms with Crippen LogP contribution in [-0.2, 0) is 4.74 Å². The highest BCUT2D eigenvalue weighted by molar-refractivity contribution is 6.14. The molecule has 2 aromatic carbocycles. The van der Waals surface area contributed by atoms with Crippen molar-refractivity contribution in [3.05, 3.63) is 70.8 Å². The molecule has 0 atom stereocenters. The van der Waals surface area contributed by atoms with Gasteiger partial charge in [-0.2, -0.15) is 5.26 Å². The standard InChI is InChI=1S/C19H15NO4/c1-23-17-9-7-14(8-10-17)18(21)16(12-20)11-13-3-5-15(6-4-13)19(22)24-2/h3-11H,1-2H3. The fourth-order valence-corrected chi connectivity index (χ4v) is 2.05. The molecule has 0 heterocycles. The van der Waals surface area contributed by atoms with Gasteiger partial charge in [-0.1, -0.05) is 12.1 Å². The normalized spacial score (nSPS) is 10.6. The van der Waals surface area contributed by atoms with Gasteiger partial charge in [0.25, 0.3) is 0 Å². The zero-order valence-corrected chi connectivity index (χ0v) is 13.3. The number of carbonyl (C=O) groups excluding carboxylic acids is 2. The summed E-state index contributed by atoms with van der Waals surface area (Å²) in [6.45, 7) is 0. The molecule has 0 bridgehead atoms. The number of ketones is 1. The van der Waals surface area contributed by atoms with Gasteiger partial charge in [-0.3, -0.25) is 4.79 Å². The number of methoxy groups -OCH3 is 2. The van der Waals surface area contributed by atoms with Gasteiger partial charge in [-0.25, -0.2) is 4.79 Å². The summed E-state index contributed by atoms with van der Waals surface area (Å²) in [6, 6.07) is 14.9. The molecule has 0 radical (unpaired) electrons. The lowest BCUT2D eigenvalue weighted by atomic mass is 10.0. The maximum absolute atomic E-state index is 12.4. The summed E-state index contributed by atoms with van der Waals surface area (Å²) in [5.74, 6) is -0.190. The minimum absolute atomic E-state index is 0.00554. The van der Waals surface area contributed by atoms with Crippen molar-refractivity contribution in [1.29, 1.82) is 5.26 Å². The largest absolute Gasteiger partial charge is 0.497 e. The molecule has 0 aliphatic rings. The monoisotopic (exact) mass is 321 g/mol. The van der Waals surface area contributed by atoms with Gasteiger partial charge in [0.2, 0.25) is 5.78 Å². The summed E-state index contributed by atoms with van der Waals surface area (Å²) in [5.41, 5.74) is 1.44. The highest BCUT2D eigenvalue weighted by Gasteiger charge is 2.12. The molecule has 120 valence electrons. The van der Waals surface area contributed by atoms with E-state index >= 15 is 0 Å². The highest BCUT2D eigenvalue weighted by atomic mass is 16.5. The Morgan fingerprint density at radius 2 is 1.54 bits per heavy atom. The molecule has 2 rings (SSSR count). The van der Waals surface area contributed by atoms with Crippen LogP contribution in [0.2, 0.25) is 0 Å². The van der Waals surface area contributed by atoms with Crippen molar-refractivity contribution in [2.75, 3.05) is 14.2 Å². The maximum Gasteiger partial charge on any atom is 0.337 e. The van der Waals surface area contributed by atoms with E-state index in [0.29, 0.717) is 22.4 Å². The topological polar surface area (TPSA) is 76.4 Å². The molecular weight excluding hydrogens is 306 g/mol. The highest BCUT2D eigenvalue weighted by Crippen LogP contribution is 2.17. The second-order valence-electron chi connectivity index (χ2n) is 4.84.